The number of Topliss-reactive ketones (excluding diaryl/α,β-unsaturated/α-hetero) is 1. The lowest BCUT2D eigenvalue weighted by atomic mass is 10.0. The van der Waals surface area contributed by atoms with Crippen LogP contribution >= 0.6 is 0 Å². The van der Waals surface area contributed by atoms with E-state index in [2.05, 4.69) is 10.5 Å². The number of aliphatic hydroxyl groups excluding tert-OH is 2. The van der Waals surface area contributed by atoms with E-state index in [9.17, 15) is 19.5 Å². The molecule has 0 aliphatic rings. The Labute approximate surface area is 236 Å². The van der Waals surface area contributed by atoms with Crippen LogP contribution in [-0.4, -0.2) is 52.8 Å². The Morgan fingerprint density at radius 3 is 2.42 bits per heavy atom. The minimum Gasteiger partial charge on any atom is -0.466 e. The molecule has 0 aliphatic heterocycles. The lowest BCUT2D eigenvalue weighted by molar-refractivity contribution is -0.143. The highest BCUT2D eigenvalue weighted by Gasteiger charge is 2.11. The molecule has 0 saturated heterocycles. The molecule has 0 aromatic heterocycles. The molecule has 0 radical (unpaired) electrons. The van der Waals surface area contributed by atoms with E-state index in [0.29, 0.717) is 50.1 Å². The van der Waals surface area contributed by atoms with Crippen LogP contribution in [0.2, 0.25) is 0 Å². The van der Waals surface area contributed by atoms with Crippen LogP contribution in [0.15, 0.2) is 65.8 Å². The number of nitrogens with one attached hydrogen (secondary N) is 1. The van der Waals surface area contributed by atoms with Crippen LogP contribution < -0.4 is 11.2 Å². The maximum atomic E-state index is 12.5. The van der Waals surface area contributed by atoms with E-state index in [4.69, 9.17) is 15.6 Å². The van der Waals surface area contributed by atoms with Crippen LogP contribution in [-0.2, 0) is 20.9 Å². The number of carbonyl (C=O) groups excluding carboxylic acids is 3. The molecule has 40 heavy (non-hydrogen) atoms. The lowest BCUT2D eigenvalue weighted by Gasteiger charge is -2.13. The second-order valence-electron chi connectivity index (χ2n) is 9.41. The molecule has 9 heteroatoms. The molecular weight excluding hydrogens is 510 g/mol. The van der Waals surface area contributed by atoms with Crippen molar-refractivity contribution in [3.05, 3.63) is 82.9 Å². The molecule has 2 atom stereocenters. The highest BCUT2D eigenvalue weighted by molar-refractivity contribution is 6.11. The highest BCUT2D eigenvalue weighted by atomic mass is 16.5. The van der Waals surface area contributed by atoms with Crippen LogP contribution in [0, 0.1) is 0 Å². The fourth-order valence-electron chi connectivity index (χ4n) is 3.87. The molecule has 2 aromatic carbocycles. The summed E-state index contributed by atoms with van der Waals surface area (Å²) in [6, 6.07) is 14.4. The summed E-state index contributed by atoms with van der Waals surface area (Å²) < 4.78 is 4.97. The van der Waals surface area contributed by atoms with Gasteiger partial charge in [-0.3, -0.25) is 14.4 Å². The first-order valence-corrected chi connectivity index (χ1v) is 13.7. The third-order valence-electron chi connectivity index (χ3n) is 6.26. The summed E-state index contributed by atoms with van der Waals surface area (Å²) in [7, 11) is 0. The molecule has 0 saturated carbocycles. The molecule has 1 unspecified atom stereocenters. The minimum absolute atomic E-state index is 0.0333. The van der Waals surface area contributed by atoms with Gasteiger partial charge >= 0.3 is 5.97 Å². The van der Waals surface area contributed by atoms with Crippen molar-refractivity contribution >= 4 is 23.2 Å². The van der Waals surface area contributed by atoms with Crippen molar-refractivity contribution in [2.75, 3.05) is 13.2 Å². The van der Waals surface area contributed by atoms with Crippen molar-refractivity contribution in [3.8, 4) is 0 Å². The first-order valence-electron chi connectivity index (χ1n) is 13.7. The van der Waals surface area contributed by atoms with Gasteiger partial charge in [0.15, 0.2) is 11.6 Å². The number of ketones is 2. The molecule has 2 rings (SSSR count). The monoisotopic (exact) mass is 551 g/mol. The maximum absolute atomic E-state index is 12.5. The van der Waals surface area contributed by atoms with E-state index in [1.54, 1.807) is 44.2 Å². The van der Waals surface area contributed by atoms with Gasteiger partial charge < -0.3 is 26.1 Å². The number of hydrogen-bond acceptors (Lipinski definition) is 9. The van der Waals surface area contributed by atoms with Gasteiger partial charge in [-0.1, -0.05) is 55.5 Å². The summed E-state index contributed by atoms with van der Waals surface area (Å²) in [6.45, 7) is 4.00. The number of hydrazone groups is 1. The average Bonchev–Trinajstić information content (AvgIpc) is 2.97. The van der Waals surface area contributed by atoms with E-state index < -0.39 is 6.10 Å². The first kappa shape index (κ1) is 32.6. The fraction of sp³-hybridized carbons (Fsp3) is 0.419. The number of carbonyl (C=O) groups is 3. The molecule has 0 amide bonds. The standard InChI is InChI=1S/C31H41N3O6/c1-3-26(36)15-17-29(23-11-13-24(14-12-23)30(38)10-6-9-27(37)21-35)34-33-20-22-7-5-8-25(19-22)28(32)16-18-31(39)40-4-2/h5,7-8,11-15,17,19,27-28,33,35,37H,3-4,6,9-10,16,18,20-21,32H2,1-2H3/b17-15-,34-29+/t27?,28-/m0/s1. The topological polar surface area (TPSA) is 151 Å². The molecule has 0 fully saturated rings. The zero-order valence-corrected chi connectivity index (χ0v) is 23.3. The minimum atomic E-state index is -0.811. The number of hydrogen-bond donors (Lipinski definition) is 4. The summed E-state index contributed by atoms with van der Waals surface area (Å²) in [5, 5.41) is 22.9. The van der Waals surface area contributed by atoms with Gasteiger partial charge in [0.05, 0.1) is 31.6 Å². The Bertz CT molecular complexity index is 1160. The molecular formula is C31H41N3O6. The van der Waals surface area contributed by atoms with Crippen molar-refractivity contribution in [1.82, 2.24) is 5.43 Å². The molecule has 2 aromatic rings. The number of benzene rings is 2. The van der Waals surface area contributed by atoms with Gasteiger partial charge in [-0.25, -0.2) is 0 Å². The van der Waals surface area contributed by atoms with Crippen molar-refractivity contribution in [1.29, 1.82) is 0 Å². The molecule has 0 bridgehead atoms. The van der Waals surface area contributed by atoms with Crippen LogP contribution in [0.4, 0.5) is 0 Å². The average molecular weight is 552 g/mol. The van der Waals surface area contributed by atoms with E-state index in [-0.39, 0.29) is 43.0 Å². The number of nitrogens with two attached hydrogens (primary N) is 1. The molecule has 5 N–H and O–H groups in total. The Balaban J connectivity index is 2.08. The fourth-order valence-corrected chi connectivity index (χ4v) is 3.87. The van der Waals surface area contributed by atoms with Gasteiger partial charge in [0.25, 0.3) is 0 Å². The summed E-state index contributed by atoms with van der Waals surface area (Å²) in [6.07, 6.45) is 4.55. The van der Waals surface area contributed by atoms with E-state index in [0.717, 1.165) is 16.7 Å². The second kappa shape index (κ2) is 17.8. The van der Waals surface area contributed by atoms with Crippen molar-refractivity contribution in [2.45, 2.75) is 71.1 Å². The lowest BCUT2D eigenvalue weighted by Crippen LogP contribution is -2.15. The number of nitrogens with zero attached hydrogens (tertiary/aromatic N) is 1. The second-order valence-corrected chi connectivity index (χ2v) is 9.41. The number of esters is 1. The van der Waals surface area contributed by atoms with Crippen molar-refractivity contribution < 1.29 is 29.3 Å². The Kier molecular flexibility index (Phi) is 14.5. The summed E-state index contributed by atoms with van der Waals surface area (Å²) >= 11 is 0. The van der Waals surface area contributed by atoms with Crippen LogP contribution in [0.3, 0.4) is 0 Å². The van der Waals surface area contributed by atoms with E-state index in [1.807, 2.05) is 24.3 Å². The van der Waals surface area contributed by atoms with Gasteiger partial charge in [-0.15, -0.1) is 0 Å². The van der Waals surface area contributed by atoms with Crippen molar-refractivity contribution in [3.63, 3.8) is 0 Å². The third kappa shape index (κ3) is 11.6. The van der Waals surface area contributed by atoms with E-state index >= 15 is 0 Å². The predicted molar refractivity (Wildman–Crippen MR) is 155 cm³/mol. The number of ether oxygens (including phenoxy) is 1. The summed E-state index contributed by atoms with van der Waals surface area (Å²) in [5.74, 6) is -0.345. The van der Waals surface area contributed by atoms with Gasteiger partial charge in [0, 0.05) is 36.4 Å². The zero-order chi connectivity index (χ0) is 29.3. The Morgan fingerprint density at radius 2 is 1.75 bits per heavy atom. The van der Waals surface area contributed by atoms with Gasteiger partial charge in [0.2, 0.25) is 0 Å². The quantitative estimate of drug-likeness (QED) is 0.0719. The first-order chi connectivity index (χ1) is 19.3. The van der Waals surface area contributed by atoms with Gasteiger partial charge in [-0.2, -0.15) is 5.10 Å². The van der Waals surface area contributed by atoms with Gasteiger partial charge in [0.1, 0.15) is 0 Å². The van der Waals surface area contributed by atoms with Crippen LogP contribution in [0.25, 0.3) is 0 Å². The smallest absolute Gasteiger partial charge is 0.305 e. The SMILES string of the molecule is CCOC(=O)CC[C@H](N)c1cccc(CN/N=C(\C=C/C(=O)CC)c2ccc(C(=O)CCCC(O)CO)cc2)c1. The summed E-state index contributed by atoms with van der Waals surface area (Å²) in [5.41, 5.74) is 13.0. The highest BCUT2D eigenvalue weighted by Crippen LogP contribution is 2.18. The predicted octanol–water partition coefficient (Wildman–Crippen LogP) is 3.77. The third-order valence-corrected chi connectivity index (χ3v) is 6.26. The molecule has 0 spiro atoms. The Morgan fingerprint density at radius 1 is 1.02 bits per heavy atom. The molecule has 9 nitrogen and oxygen atoms in total. The van der Waals surface area contributed by atoms with E-state index in [1.165, 1.54) is 6.08 Å². The summed E-state index contributed by atoms with van der Waals surface area (Å²) in [4.78, 5) is 36.0. The zero-order valence-electron chi connectivity index (χ0n) is 23.3. The number of allylic oxidation sites excluding steroid dienone is 2. The maximum Gasteiger partial charge on any atom is 0.305 e. The molecule has 0 aliphatic carbocycles. The number of aliphatic hydroxyl groups is 2. The number of rotatable bonds is 18. The van der Waals surface area contributed by atoms with Crippen LogP contribution in [0.1, 0.15) is 85.5 Å². The molecule has 216 valence electrons. The van der Waals surface area contributed by atoms with Crippen molar-refractivity contribution in [2.24, 2.45) is 10.8 Å². The largest absolute Gasteiger partial charge is 0.466 e. The Hall–Kier alpha value is -3.66. The normalized spacial score (nSPS) is 13.2. The molecule has 0 heterocycles. The van der Waals surface area contributed by atoms with Crippen LogP contribution in [0.5, 0.6) is 0 Å². The van der Waals surface area contributed by atoms with Gasteiger partial charge in [-0.05, 0) is 49.5 Å².